The molecule has 2 aromatic carbocycles. The van der Waals surface area contributed by atoms with Crippen molar-refractivity contribution in [3.63, 3.8) is 0 Å². The van der Waals surface area contributed by atoms with Gasteiger partial charge in [-0.1, -0.05) is 39.8 Å². The molecule has 0 unspecified atom stereocenters. The molecule has 0 saturated heterocycles. The molecule has 1 fully saturated rings. The Bertz CT molecular complexity index is 1160. The molecule has 0 bridgehead atoms. The summed E-state index contributed by atoms with van der Waals surface area (Å²) >= 11 is 0. The van der Waals surface area contributed by atoms with Crippen LogP contribution < -0.4 is 10.2 Å². The molecule has 45 heavy (non-hydrogen) atoms. The van der Waals surface area contributed by atoms with Gasteiger partial charge in [-0.15, -0.1) is 0 Å². The number of aryl methyl sites for hydroxylation is 4. The zero-order valence-electron chi connectivity index (χ0n) is 28.2. The van der Waals surface area contributed by atoms with Gasteiger partial charge in [0, 0.05) is 35.5 Å². The SMILES string of the molecule is CC(=O)[O-].CC(=O)[O-].Cc1cc(CCC(C)C)cc(C=NC2CCC(N=Cc3cc(CCC(C)C)cc(C)c3O)CC2)c1O.[Co+2]. The van der Waals surface area contributed by atoms with Crippen LogP contribution in [0, 0.1) is 25.7 Å². The number of phenolic OH excluding ortho intramolecular Hbond substituents is 2. The van der Waals surface area contributed by atoms with Crippen LogP contribution in [0.2, 0.25) is 0 Å². The van der Waals surface area contributed by atoms with Crippen molar-refractivity contribution in [3.8, 4) is 11.5 Å². The second-order valence-corrected chi connectivity index (χ2v) is 12.6. The Morgan fingerprint density at radius 1 is 0.733 bits per heavy atom. The number of hydrogen-bond acceptors (Lipinski definition) is 8. The molecule has 0 aliphatic heterocycles. The van der Waals surface area contributed by atoms with Crippen molar-refractivity contribution in [2.45, 2.75) is 119 Å². The fourth-order valence-corrected chi connectivity index (χ4v) is 4.89. The molecule has 3 rings (SSSR count). The maximum Gasteiger partial charge on any atom is 2.00 e. The maximum absolute atomic E-state index is 10.5. The molecule has 0 heterocycles. The Hall–Kier alpha value is -3.17. The van der Waals surface area contributed by atoms with E-state index >= 15 is 0 Å². The van der Waals surface area contributed by atoms with Crippen molar-refractivity contribution >= 4 is 24.4 Å². The summed E-state index contributed by atoms with van der Waals surface area (Å²) in [6, 6.07) is 8.91. The predicted molar refractivity (Wildman–Crippen MR) is 175 cm³/mol. The van der Waals surface area contributed by atoms with Gasteiger partial charge in [0.05, 0.1) is 12.1 Å². The first kappa shape index (κ1) is 41.8. The van der Waals surface area contributed by atoms with E-state index in [1.165, 1.54) is 11.1 Å². The molecule has 8 nitrogen and oxygen atoms in total. The van der Waals surface area contributed by atoms with Crippen LogP contribution in [0.25, 0.3) is 0 Å². The first-order valence-electron chi connectivity index (χ1n) is 15.6. The normalized spacial score (nSPS) is 16.1. The van der Waals surface area contributed by atoms with E-state index in [1.54, 1.807) is 0 Å². The van der Waals surface area contributed by atoms with Gasteiger partial charge >= 0.3 is 16.8 Å². The summed E-state index contributed by atoms with van der Waals surface area (Å²) in [5, 5.41) is 38.9. The monoisotopic (exact) mass is 667 g/mol. The standard InChI is InChI=1S/C32H46N2O2.2C2H4O2.Co/c1-21(2)7-9-25-15-23(5)31(35)27(17-25)19-33-29-11-13-30(14-12-29)34-20-28-18-26(10-8-22(3)4)16-24(6)32(28)36;2*1-2(3)4;/h15-22,29-30,35-36H,7-14H2,1-6H3;2*1H3,(H,3,4);/q;;;+2/p-2. The number of aliphatic carboxylic acids is 2. The number of aliphatic imine (C=N–C) groups is 2. The minimum atomic E-state index is -1.08. The zero-order valence-corrected chi connectivity index (χ0v) is 29.2. The van der Waals surface area contributed by atoms with E-state index in [4.69, 9.17) is 29.8 Å². The van der Waals surface area contributed by atoms with Gasteiger partial charge in [0.1, 0.15) is 11.5 Å². The number of carbonyl (C=O) groups is 2. The van der Waals surface area contributed by atoms with Crippen molar-refractivity contribution in [3.05, 3.63) is 57.6 Å². The van der Waals surface area contributed by atoms with Gasteiger partial charge in [0.15, 0.2) is 0 Å². The molecule has 251 valence electrons. The average Bonchev–Trinajstić information content (AvgIpc) is 2.92. The van der Waals surface area contributed by atoms with Gasteiger partial charge in [-0.05, 0) is 125 Å². The van der Waals surface area contributed by atoms with Crippen LogP contribution in [-0.2, 0) is 39.2 Å². The minimum absolute atomic E-state index is 0. The summed E-state index contributed by atoms with van der Waals surface area (Å²) in [6.07, 6.45) is 12.1. The van der Waals surface area contributed by atoms with Crippen molar-refractivity contribution < 1.29 is 46.8 Å². The Morgan fingerprint density at radius 2 is 1.02 bits per heavy atom. The van der Waals surface area contributed by atoms with Gasteiger partial charge in [-0.2, -0.15) is 0 Å². The first-order valence-corrected chi connectivity index (χ1v) is 15.6. The van der Waals surface area contributed by atoms with E-state index in [1.807, 2.05) is 26.3 Å². The van der Waals surface area contributed by atoms with Crippen LogP contribution in [0.5, 0.6) is 11.5 Å². The third-order valence-corrected chi connectivity index (χ3v) is 7.32. The summed E-state index contributed by atoms with van der Waals surface area (Å²) in [5.74, 6) is -0.154. The molecular weight excluding hydrogens is 615 g/mol. The number of aromatic hydroxyl groups is 2. The summed E-state index contributed by atoms with van der Waals surface area (Å²) in [4.78, 5) is 27.5. The number of carboxylic acids is 2. The molecule has 2 aromatic rings. The van der Waals surface area contributed by atoms with Crippen LogP contribution in [0.3, 0.4) is 0 Å². The van der Waals surface area contributed by atoms with Crippen LogP contribution in [0.4, 0.5) is 0 Å². The van der Waals surface area contributed by atoms with Gasteiger partial charge < -0.3 is 30.0 Å². The molecule has 2 N–H and O–H groups in total. The number of nitrogens with zero attached hydrogens (tertiary/aromatic N) is 2. The molecule has 0 amide bonds. The van der Waals surface area contributed by atoms with E-state index < -0.39 is 11.9 Å². The Kier molecular flexibility index (Phi) is 20.0. The Morgan fingerprint density at radius 3 is 1.29 bits per heavy atom. The molecule has 9 heteroatoms. The van der Waals surface area contributed by atoms with E-state index in [0.717, 1.165) is 87.5 Å². The average molecular weight is 668 g/mol. The van der Waals surface area contributed by atoms with Crippen LogP contribution in [0.15, 0.2) is 34.3 Å². The predicted octanol–water partition coefficient (Wildman–Crippen LogP) is 5.25. The van der Waals surface area contributed by atoms with E-state index in [9.17, 15) is 10.2 Å². The van der Waals surface area contributed by atoms with Crippen molar-refractivity contribution in [1.82, 2.24) is 0 Å². The molecule has 1 aliphatic rings. The third kappa shape index (κ3) is 17.8. The van der Waals surface area contributed by atoms with Crippen molar-refractivity contribution in [2.75, 3.05) is 0 Å². The zero-order chi connectivity index (χ0) is 33.4. The number of rotatable bonds is 10. The van der Waals surface area contributed by atoms with Crippen LogP contribution >= 0.6 is 0 Å². The fourth-order valence-electron chi connectivity index (χ4n) is 4.89. The number of phenols is 2. The molecule has 0 atom stereocenters. The van der Waals surface area contributed by atoms with Crippen molar-refractivity contribution in [1.29, 1.82) is 0 Å². The second-order valence-electron chi connectivity index (χ2n) is 12.6. The second kappa shape index (κ2) is 21.5. The maximum atomic E-state index is 10.5. The first-order chi connectivity index (χ1) is 20.6. The summed E-state index contributed by atoms with van der Waals surface area (Å²) < 4.78 is 0. The summed E-state index contributed by atoms with van der Waals surface area (Å²) in [5.41, 5.74) is 6.04. The van der Waals surface area contributed by atoms with Crippen molar-refractivity contribution in [2.24, 2.45) is 21.8 Å². The molecule has 1 radical (unpaired) electrons. The van der Waals surface area contributed by atoms with E-state index in [2.05, 4.69) is 52.0 Å². The van der Waals surface area contributed by atoms with Crippen LogP contribution in [-0.4, -0.2) is 46.7 Å². The summed E-state index contributed by atoms with van der Waals surface area (Å²) in [6.45, 7) is 14.8. The van der Waals surface area contributed by atoms with Gasteiger partial charge in [-0.25, -0.2) is 0 Å². The Balaban J connectivity index is 0.00000192. The van der Waals surface area contributed by atoms with E-state index in [-0.39, 0.29) is 28.9 Å². The van der Waals surface area contributed by atoms with Gasteiger partial charge in [-0.3, -0.25) is 9.98 Å². The summed E-state index contributed by atoms with van der Waals surface area (Å²) in [7, 11) is 0. The van der Waals surface area contributed by atoms with E-state index in [0.29, 0.717) is 23.3 Å². The smallest absolute Gasteiger partial charge is 0.550 e. The third-order valence-electron chi connectivity index (χ3n) is 7.32. The largest absolute Gasteiger partial charge is 2.00 e. The quantitative estimate of drug-likeness (QED) is 0.331. The molecule has 0 aromatic heterocycles. The topological polar surface area (TPSA) is 145 Å². The van der Waals surface area contributed by atoms with Gasteiger partial charge in [0.2, 0.25) is 0 Å². The number of carbonyl (C=O) groups excluding carboxylic acids is 2. The van der Waals surface area contributed by atoms with Gasteiger partial charge in [0.25, 0.3) is 0 Å². The molecule has 1 aliphatic carbocycles. The molecule has 1 saturated carbocycles. The number of hydrogen-bond donors (Lipinski definition) is 2. The number of benzene rings is 2. The molecular formula is C36H52CoN2O6. The van der Waals surface area contributed by atoms with Crippen LogP contribution in [0.1, 0.15) is 113 Å². The fraction of sp³-hybridized carbons (Fsp3) is 0.556. The molecule has 0 spiro atoms. The number of carboxylic acid groups (broad SMARTS) is 2. The Labute approximate surface area is 280 Å². The minimum Gasteiger partial charge on any atom is -0.550 e.